The Morgan fingerprint density at radius 3 is 3.15 bits per heavy atom. The fourth-order valence-corrected chi connectivity index (χ4v) is 0.866. The van der Waals surface area contributed by atoms with Crippen LogP contribution in [0.5, 0.6) is 5.75 Å². The zero-order valence-corrected chi connectivity index (χ0v) is 7.28. The summed E-state index contributed by atoms with van der Waals surface area (Å²) in [6, 6.07) is 3.21. The Morgan fingerprint density at radius 2 is 2.54 bits per heavy atom. The van der Waals surface area contributed by atoms with E-state index in [0.29, 0.717) is 12.4 Å². The van der Waals surface area contributed by atoms with Crippen LogP contribution in [0.3, 0.4) is 0 Å². The number of nitrogens with zero attached hydrogens (tertiary/aromatic N) is 1. The van der Waals surface area contributed by atoms with Crippen LogP contribution in [-0.2, 0) is 0 Å². The average molecular weight is 181 g/mol. The molecule has 5 nitrogen and oxygen atoms in total. The Bertz CT molecular complexity index is 301. The van der Waals surface area contributed by atoms with Crippen LogP contribution in [-0.4, -0.2) is 17.5 Å². The molecule has 0 aliphatic rings. The van der Waals surface area contributed by atoms with Crippen molar-refractivity contribution in [1.82, 2.24) is 10.4 Å². The molecule has 0 spiro atoms. The van der Waals surface area contributed by atoms with Crippen LogP contribution in [0.1, 0.15) is 17.4 Å². The number of hydrogen-bond acceptors (Lipinski definition) is 4. The van der Waals surface area contributed by atoms with Gasteiger partial charge in [-0.1, -0.05) is 0 Å². The zero-order chi connectivity index (χ0) is 9.68. The van der Waals surface area contributed by atoms with Crippen LogP contribution in [0, 0.1) is 0 Å². The summed E-state index contributed by atoms with van der Waals surface area (Å²) in [6.07, 6.45) is 1.50. The highest BCUT2D eigenvalue weighted by Gasteiger charge is 2.05. The molecule has 0 aliphatic heterocycles. The molecule has 1 amide bonds. The van der Waals surface area contributed by atoms with Gasteiger partial charge in [0.1, 0.15) is 11.4 Å². The summed E-state index contributed by atoms with van der Waals surface area (Å²) in [4.78, 5) is 14.8. The van der Waals surface area contributed by atoms with Crippen LogP contribution in [0.2, 0.25) is 0 Å². The summed E-state index contributed by atoms with van der Waals surface area (Å²) >= 11 is 0. The van der Waals surface area contributed by atoms with E-state index in [9.17, 15) is 4.79 Å². The van der Waals surface area contributed by atoms with Crippen molar-refractivity contribution in [3.8, 4) is 5.75 Å². The van der Waals surface area contributed by atoms with Gasteiger partial charge < -0.3 is 4.74 Å². The van der Waals surface area contributed by atoms with Crippen LogP contribution < -0.4 is 16.0 Å². The molecule has 0 saturated carbocycles. The predicted molar refractivity (Wildman–Crippen MR) is 47.1 cm³/mol. The highest BCUT2D eigenvalue weighted by Crippen LogP contribution is 2.10. The molecule has 0 atom stereocenters. The number of pyridine rings is 1. The first-order chi connectivity index (χ1) is 6.27. The minimum absolute atomic E-state index is 0.244. The number of hydrazine groups is 1. The fourth-order valence-electron chi connectivity index (χ4n) is 0.866. The number of hydrogen-bond donors (Lipinski definition) is 2. The number of nitrogen functional groups attached to an aromatic ring is 1. The van der Waals surface area contributed by atoms with E-state index in [1.807, 2.05) is 12.3 Å². The molecule has 1 heterocycles. The maximum Gasteiger partial charge on any atom is 0.283 e. The van der Waals surface area contributed by atoms with E-state index in [0.717, 1.165) is 0 Å². The Hall–Kier alpha value is -1.62. The second-order valence-electron chi connectivity index (χ2n) is 2.28. The van der Waals surface area contributed by atoms with Gasteiger partial charge in [0.15, 0.2) is 0 Å². The number of nitrogens with two attached hydrogens (primary N) is 1. The van der Waals surface area contributed by atoms with E-state index in [1.54, 1.807) is 6.07 Å². The second-order valence-corrected chi connectivity index (χ2v) is 2.28. The van der Waals surface area contributed by atoms with Gasteiger partial charge in [-0.25, -0.2) is 5.84 Å². The SMILES string of the molecule is CCOc1ccnc(C(=O)NN)c1. The lowest BCUT2D eigenvalue weighted by atomic mass is 10.3. The lowest BCUT2D eigenvalue weighted by Gasteiger charge is -2.03. The molecule has 1 aromatic heterocycles. The summed E-state index contributed by atoms with van der Waals surface area (Å²) < 4.78 is 5.18. The van der Waals surface area contributed by atoms with Crippen molar-refractivity contribution in [1.29, 1.82) is 0 Å². The highest BCUT2D eigenvalue weighted by molar-refractivity contribution is 5.92. The van der Waals surface area contributed by atoms with Crippen molar-refractivity contribution < 1.29 is 9.53 Å². The molecule has 13 heavy (non-hydrogen) atoms. The molecular weight excluding hydrogens is 170 g/mol. The van der Waals surface area contributed by atoms with Crippen molar-refractivity contribution in [2.45, 2.75) is 6.92 Å². The van der Waals surface area contributed by atoms with Crippen molar-refractivity contribution in [2.75, 3.05) is 6.61 Å². The van der Waals surface area contributed by atoms with Crippen molar-refractivity contribution >= 4 is 5.91 Å². The molecule has 0 saturated heterocycles. The smallest absolute Gasteiger partial charge is 0.283 e. The van der Waals surface area contributed by atoms with Crippen molar-refractivity contribution in [2.24, 2.45) is 5.84 Å². The predicted octanol–water partition coefficient (Wildman–Crippen LogP) is 0.0838. The molecule has 0 unspecified atom stereocenters. The third kappa shape index (κ3) is 2.41. The van der Waals surface area contributed by atoms with E-state index in [2.05, 4.69) is 4.98 Å². The Balaban J connectivity index is 2.85. The summed E-state index contributed by atoms with van der Waals surface area (Å²) in [7, 11) is 0. The van der Waals surface area contributed by atoms with E-state index in [-0.39, 0.29) is 5.69 Å². The quantitative estimate of drug-likeness (QED) is 0.393. The number of aromatic nitrogens is 1. The van der Waals surface area contributed by atoms with Crippen LogP contribution >= 0.6 is 0 Å². The van der Waals surface area contributed by atoms with Gasteiger partial charge in [-0.2, -0.15) is 0 Å². The summed E-state index contributed by atoms with van der Waals surface area (Å²) in [5, 5.41) is 0. The molecule has 0 fully saturated rings. The van der Waals surface area contributed by atoms with Gasteiger partial charge in [0.05, 0.1) is 6.61 Å². The number of carbonyl (C=O) groups excluding carboxylic acids is 1. The number of carbonyl (C=O) groups is 1. The molecule has 1 rings (SSSR count). The van der Waals surface area contributed by atoms with Crippen LogP contribution in [0.25, 0.3) is 0 Å². The Morgan fingerprint density at radius 1 is 1.77 bits per heavy atom. The van der Waals surface area contributed by atoms with E-state index < -0.39 is 5.91 Å². The lowest BCUT2D eigenvalue weighted by molar-refractivity contribution is 0.0948. The minimum Gasteiger partial charge on any atom is -0.494 e. The molecule has 70 valence electrons. The fraction of sp³-hybridized carbons (Fsp3) is 0.250. The lowest BCUT2D eigenvalue weighted by Crippen LogP contribution is -2.30. The molecule has 0 aliphatic carbocycles. The molecular formula is C8H11N3O2. The van der Waals surface area contributed by atoms with Gasteiger partial charge in [-0.05, 0) is 13.0 Å². The number of rotatable bonds is 3. The molecule has 0 aromatic carbocycles. The third-order valence-corrected chi connectivity index (χ3v) is 1.41. The van der Waals surface area contributed by atoms with Crippen LogP contribution in [0.15, 0.2) is 18.3 Å². The van der Waals surface area contributed by atoms with E-state index in [1.165, 1.54) is 12.3 Å². The maximum atomic E-state index is 11.0. The average Bonchev–Trinajstić information content (AvgIpc) is 2.18. The van der Waals surface area contributed by atoms with E-state index >= 15 is 0 Å². The van der Waals surface area contributed by atoms with Crippen LogP contribution in [0.4, 0.5) is 0 Å². The number of ether oxygens (including phenoxy) is 1. The zero-order valence-electron chi connectivity index (χ0n) is 7.28. The Labute approximate surface area is 75.9 Å². The third-order valence-electron chi connectivity index (χ3n) is 1.41. The monoisotopic (exact) mass is 181 g/mol. The first kappa shape index (κ1) is 9.47. The van der Waals surface area contributed by atoms with Gasteiger partial charge in [0.25, 0.3) is 5.91 Å². The minimum atomic E-state index is -0.429. The first-order valence-electron chi connectivity index (χ1n) is 3.87. The molecule has 5 heteroatoms. The maximum absolute atomic E-state index is 11.0. The summed E-state index contributed by atoms with van der Waals surface area (Å²) in [5.74, 6) is 5.13. The topological polar surface area (TPSA) is 77.2 Å². The van der Waals surface area contributed by atoms with E-state index in [4.69, 9.17) is 10.6 Å². The number of nitrogens with one attached hydrogen (secondary N) is 1. The molecule has 1 aromatic rings. The van der Waals surface area contributed by atoms with Gasteiger partial charge in [-0.15, -0.1) is 0 Å². The largest absolute Gasteiger partial charge is 0.494 e. The molecule has 3 N–H and O–H groups in total. The van der Waals surface area contributed by atoms with Crippen molar-refractivity contribution in [3.05, 3.63) is 24.0 Å². The van der Waals surface area contributed by atoms with Gasteiger partial charge in [0.2, 0.25) is 0 Å². The van der Waals surface area contributed by atoms with Gasteiger partial charge in [0, 0.05) is 12.3 Å². The van der Waals surface area contributed by atoms with Gasteiger partial charge in [-0.3, -0.25) is 15.2 Å². The molecule has 0 radical (unpaired) electrons. The van der Waals surface area contributed by atoms with Crippen molar-refractivity contribution in [3.63, 3.8) is 0 Å². The number of amides is 1. The highest BCUT2D eigenvalue weighted by atomic mass is 16.5. The standard InChI is InChI=1S/C8H11N3O2/c1-2-13-6-3-4-10-7(5-6)8(12)11-9/h3-5H,2,9H2,1H3,(H,11,12). The summed E-state index contributed by atoms with van der Waals surface area (Å²) in [5.41, 5.74) is 2.24. The first-order valence-corrected chi connectivity index (χ1v) is 3.87. The summed E-state index contributed by atoms with van der Waals surface area (Å²) in [6.45, 7) is 2.41. The molecule has 0 bridgehead atoms. The van der Waals surface area contributed by atoms with Gasteiger partial charge >= 0.3 is 0 Å². The second kappa shape index (κ2) is 4.42. The normalized spacial score (nSPS) is 9.38. The Kier molecular flexibility index (Phi) is 3.22.